The van der Waals surface area contributed by atoms with Gasteiger partial charge in [0, 0.05) is 18.3 Å². The molecule has 0 aromatic heterocycles. The van der Waals surface area contributed by atoms with Crippen LogP contribution in [0.3, 0.4) is 0 Å². The highest BCUT2D eigenvalue weighted by Crippen LogP contribution is 2.30. The molecule has 1 atom stereocenters. The van der Waals surface area contributed by atoms with Crippen molar-refractivity contribution in [3.8, 4) is 0 Å². The van der Waals surface area contributed by atoms with Crippen LogP contribution < -0.4 is 4.90 Å². The van der Waals surface area contributed by atoms with Crippen LogP contribution in [0.25, 0.3) is 0 Å². The first-order valence-corrected chi connectivity index (χ1v) is 6.60. The van der Waals surface area contributed by atoms with E-state index < -0.39 is 0 Å². The van der Waals surface area contributed by atoms with Crippen molar-refractivity contribution < 1.29 is 5.11 Å². The molecule has 1 aliphatic rings. The lowest BCUT2D eigenvalue weighted by molar-refractivity contribution is 0.281. The Morgan fingerprint density at radius 1 is 1.41 bits per heavy atom. The van der Waals surface area contributed by atoms with Crippen LogP contribution in [0.5, 0.6) is 0 Å². The normalized spacial score (nSPS) is 20.3. The number of rotatable bonds is 3. The van der Waals surface area contributed by atoms with Crippen LogP contribution in [-0.2, 0) is 6.61 Å². The molecule has 0 radical (unpaired) electrons. The zero-order valence-electron chi connectivity index (χ0n) is 11.1. The summed E-state index contributed by atoms with van der Waals surface area (Å²) in [5.41, 5.74) is 3.55. The number of anilines is 1. The molecule has 0 saturated carbocycles. The number of nitrogens with zero attached hydrogens (tertiary/aromatic N) is 1. The van der Waals surface area contributed by atoms with Gasteiger partial charge in [0.05, 0.1) is 6.61 Å². The van der Waals surface area contributed by atoms with Crippen molar-refractivity contribution in [3.63, 3.8) is 0 Å². The Morgan fingerprint density at radius 3 is 2.76 bits per heavy atom. The molecule has 0 bridgehead atoms. The maximum Gasteiger partial charge on any atom is 0.0684 e. The summed E-state index contributed by atoms with van der Waals surface area (Å²) in [5, 5.41) is 9.20. The van der Waals surface area contributed by atoms with E-state index in [-0.39, 0.29) is 6.61 Å². The number of benzene rings is 1. The summed E-state index contributed by atoms with van der Waals surface area (Å²) in [7, 11) is 0. The van der Waals surface area contributed by atoms with Crippen molar-refractivity contribution in [3.05, 3.63) is 29.3 Å². The molecule has 1 aromatic carbocycles. The quantitative estimate of drug-likeness (QED) is 0.867. The second-order valence-electron chi connectivity index (χ2n) is 5.42. The molecule has 94 valence electrons. The van der Waals surface area contributed by atoms with Gasteiger partial charge in [-0.1, -0.05) is 19.9 Å². The van der Waals surface area contributed by atoms with Crippen molar-refractivity contribution in [2.75, 3.05) is 11.4 Å². The highest BCUT2D eigenvalue weighted by atomic mass is 16.3. The smallest absolute Gasteiger partial charge is 0.0684 e. The van der Waals surface area contributed by atoms with E-state index in [9.17, 15) is 5.11 Å². The first-order chi connectivity index (χ1) is 8.13. The Kier molecular flexibility index (Phi) is 3.72. The Morgan fingerprint density at radius 2 is 2.18 bits per heavy atom. The second kappa shape index (κ2) is 5.09. The number of aryl methyl sites for hydroxylation is 1. The molecule has 1 N–H and O–H groups in total. The van der Waals surface area contributed by atoms with E-state index in [0.29, 0.717) is 12.0 Å². The highest BCUT2D eigenvalue weighted by molar-refractivity contribution is 5.52. The highest BCUT2D eigenvalue weighted by Gasteiger charge is 2.27. The maximum atomic E-state index is 9.20. The zero-order valence-corrected chi connectivity index (χ0v) is 11.1. The largest absolute Gasteiger partial charge is 0.392 e. The standard InChI is InChI=1S/C15H23NO/c1-11(2)15-5-4-8-16(15)14-7-6-13(10-17)12(3)9-14/h6-7,9,11,15,17H,4-5,8,10H2,1-3H3. The first kappa shape index (κ1) is 12.4. The van der Waals surface area contributed by atoms with Crippen molar-refractivity contribution in [1.82, 2.24) is 0 Å². The Labute approximate surface area is 104 Å². The van der Waals surface area contributed by atoms with Crippen LogP contribution in [0.4, 0.5) is 5.69 Å². The molecule has 0 amide bonds. The third-order valence-electron chi connectivity index (χ3n) is 3.90. The van der Waals surface area contributed by atoms with Crippen LogP contribution in [-0.4, -0.2) is 17.7 Å². The molecule has 1 aromatic rings. The molecular formula is C15H23NO. The lowest BCUT2D eigenvalue weighted by atomic mass is 10.0. The molecule has 2 nitrogen and oxygen atoms in total. The summed E-state index contributed by atoms with van der Waals surface area (Å²) in [4.78, 5) is 2.53. The molecule has 1 unspecified atom stereocenters. The van der Waals surface area contributed by atoms with E-state index in [0.717, 1.165) is 5.56 Å². The molecule has 1 heterocycles. The predicted octanol–water partition coefficient (Wildman–Crippen LogP) is 3.11. The van der Waals surface area contributed by atoms with Gasteiger partial charge in [-0.25, -0.2) is 0 Å². The minimum absolute atomic E-state index is 0.139. The van der Waals surface area contributed by atoms with E-state index in [1.54, 1.807) is 0 Å². The minimum Gasteiger partial charge on any atom is -0.392 e. The van der Waals surface area contributed by atoms with Crippen LogP contribution in [0.2, 0.25) is 0 Å². The fourth-order valence-corrected chi connectivity index (χ4v) is 2.84. The lowest BCUT2D eigenvalue weighted by Crippen LogP contribution is -2.33. The summed E-state index contributed by atoms with van der Waals surface area (Å²) < 4.78 is 0. The molecule has 2 rings (SSSR count). The lowest BCUT2D eigenvalue weighted by Gasteiger charge is -2.30. The Bertz CT molecular complexity index is 387. The van der Waals surface area contributed by atoms with Crippen molar-refractivity contribution in [2.45, 2.75) is 46.3 Å². The molecule has 17 heavy (non-hydrogen) atoms. The van der Waals surface area contributed by atoms with Crippen LogP contribution in [0.15, 0.2) is 18.2 Å². The molecular weight excluding hydrogens is 210 g/mol. The monoisotopic (exact) mass is 233 g/mol. The number of hydrogen-bond acceptors (Lipinski definition) is 2. The number of aliphatic hydroxyl groups is 1. The van der Waals surface area contributed by atoms with Gasteiger partial charge in [0.25, 0.3) is 0 Å². The van der Waals surface area contributed by atoms with E-state index in [4.69, 9.17) is 0 Å². The van der Waals surface area contributed by atoms with Gasteiger partial charge in [0.1, 0.15) is 0 Å². The average molecular weight is 233 g/mol. The first-order valence-electron chi connectivity index (χ1n) is 6.60. The van der Waals surface area contributed by atoms with Crippen molar-refractivity contribution in [1.29, 1.82) is 0 Å². The van der Waals surface area contributed by atoms with Crippen LogP contribution in [0, 0.1) is 12.8 Å². The second-order valence-corrected chi connectivity index (χ2v) is 5.42. The van der Waals surface area contributed by atoms with Crippen molar-refractivity contribution in [2.24, 2.45) is 5.92 Å². The SMILES string of the molecule is Cc1cc(N2CCCC2C(C)C)ccc1CO. The van der Waals surface area contributed by atoms with E-state index in [2.05, 4.69) is 43.9 Å². The van der Waals surface area contributed by atoms with Gasteiger partial charge >= 0.3 is 0 Å². The predicted molar refractivity (Wildman–Crippen MR) is 72.3 cm³/mol. The van der Waals surface area contributed by atoms with E-state index >= 15 is 0 Å². The minimum atomic E-state index is 0.139. The topological polar surface area (TPSA) is 23.5 Å². The van der Waals surface area contributed by atoms with Gasteiger partial charge in [-0.3, -0.25) is 0 Å². The summed E-state index contributed by atoms with van der Waals surface area (Å²) in [6, 6.07) is 7.10. The van der Waals surface area contributed by atoms with Gasteiger partial charge in [-0.2, -0.15) is 0 Å². The molecule has 2 heteroatoms. The van der Waals surface area contributed by atoms with Crippen LogP contribution >= 0.6 is 0 Å². The molecule has 1 saturated heterocycles. The van der Waals surface area contributed by atoms with Gasteiger partial charge in [-0.15, -0.1) is 0 Å². The molecule has 1 fully saturated rings. The molecule has 0 spiro atoms. The fourth-order valence-electron chi connectivity index (χ4n) is 2.84. The van der Waals surface area contributed by atoms with Gasteiger partial charge in [-0.05, 0) is 48.9 Å². The van der Waals surface area contributed by atoms with Gasteiger partial charge in [0.2, 0.25) is 0 Å². The zero-order chi connectivity index (χ0) is 12.4. The third-order valence-corrected chi connectivity index (χ3v) is 3.90. The summed E-state index contributed by atoms with van der Waals surface area (Å²) in [5.74, 6) is 0.704. The number of aliphatic hydroxyl groups excluding tert-OH is 1. The van der Waals surface area contributed by atoms with E-state index in [1.807, 2.05) is 0 Å². The third kappa shape index (κ3) is 2.47. The van der Waals surface area contributed by atoms with E-state index in [1.165, 1.54) is 30.6 Å². The fraction of sp³-hybridized carbons (Fsp3) is 0.600. The molecule has 1 aliphatic heterocycles. The van der Waals surface area contributed by atoms with Gasteiger partial charge in [0.15, 0.2) is 0 Å². The Hall–Kier alpha value is -1.02. The van der Waals surface area contributed by atoms with Gasteiger partial charge < -0.3 is 10.0 Å². The van der Waals surface area contributed by atoms with Crippen molar-refractivity contribution >= 4 is 5.69 Å². The summed E-state index contributed by atoms with van der Waals surface area (Å²) in [6.07, 6.45) is 2.60. The average Bonchev–Trinajstić information content (AvgIpc) is 2.77. The maximum absolute atomic E-state index is 9.20. The molecule has 0 aliphatic carbocycles. The summed E-state index contributed by atoms with van der Waals surface area (Å²) in [6.45, 7) is 7.99. The number of hydrogen-bond donors (Lipinski definition) is 1. The Balaban J connectivity index is 2.24. The summed E-state index contributed by atoms with van der Waals surface area (Å²) >= 11 is 0. The van der Waals surface area contributed by atoms with Crippen LogP contribution in [0.1, 0.15) is 37.8 Å².